The monoisotopic (exact) mass is 901 g/mol. The molecule has 0 unspecified atom stereocenters. The Hall–Kier alpha value is -1.48. The topological polar surface area (TPSA) is 59.1 Å². The first-order valence-electron chi connectivity index (χ1n) is 26.2. The highest BCUT2D eigenvalue weighted by Crippen LogP contribution is 2.26. The van der Waals surface area contributed by atoms with E-state index in [4.69, 9.17) is 9.47 Å². The molecule has 62 heavy (non-hydrogen) atoms. The van der Waals surface area contributed by atoms with E-state index in [1.54, 1.807) is 0 Å². The van der Waals surface area contributed by atoms with E-state index < -0.39 is 0 Å². The highest BCUT2D eigenvalue weighted by molar-refractivity contribution is 8.76. The Kier molecular flexibility index (Phi) is 39.7. The normalized spacial score (nSPS) is 16.2. The average molecular weight is 902 g/mol. The Labute approximate surface area is 391 Å². The van der Waals surface area contributed by atoms with Crippen molar-refractivity contribution in [2.45, 2.75) is 206 Å². The van der Waals surface area contributed by atoms with Crippen LogP contribution in [0.25, 0.3) is 0 Å². The zero-order valence-electron chi connectivity index (χ0n) is 40.4. The molecule has 0 radical (unpaired) electrons. The fourth-order valence-electron chi connectivity index (χ4n) is 8.43. The fourth-order valence-corrected chi connectivity index (χ4v) is 10.5. The van der Waals surface area contributed by atoms with Gasteiger partial charge in [-0.1, -0.05) is 148 Å². The minimum atomic E-state index is 0.0000163. The molecule has 0 aromatic heterocycles. The average Bonchev–Trinajstić information content (AvgIpc) is 3.28. The summed E-state index contributed by atoms with van der Waals surface area (Å²) in [6.45, 7) is 12.8. The van der Waals surface area contributed by atoms with Gasteiger partial charge in [0.2, 0.25) is 0 Å². The highest BCUT2D eigenvalue weighted by Gasteiger charge is 2.21. The SMILES string of the molecule is CCCCC/C=C\C/C=C\CCCCCCCC(=O)OCCC1CCN(CCSSCCN2CCC(CCOC(=O)CCCCCCC/C=C\C/C=C\CCCCC)CC2)CC1. The molecule has 0 saturated carbocycles. The fraction of sp³-hybridized carbons (Fsp3) is 0.815. The first-order valence-corrected chi connectivity index (χ1v) is 28.7. The van der Waals surface area contributed by atoms with Gasteiger partial charge in [-0.2, -0.15) is 0 Å². The summed E-state index contributed by atoms with van der Waals surface area (Å²) in [5, 5.41) is 0. The third kappa shape index (κ3) is 35.8. The van der Waals surface area contributed by atoms with Crippen molar-refractivity contribution in [1.82, 2.24) is 9.80 Å². The molecule has 0 aromatic carbocycles. The predicted molar refractivity (Wildman–Crippen MR) is 273 cm³/mol. The molecule has 0 amide bonds. The van der Waals surface area contributed by atoms with Gasteiger partial charge < -0.3 is 19.3 Å². The molecular weight excluding hydrogens is 805 g/mol. The Morgan fingerprint density at radius 2 is 0.806 bits per heavy atom. The molecule has 0 spiro atoms. The number of rotatable bonds is 41. The van der Waals surface area contributed by atoms with E-state index in [0.717, 1.165) is 51.4 Å². The zero-order chi connectivity index (χ0) is 44.2. The Bertz CT molecular complexity index is 1060. The van der Waals surface area contributed by atoms with Crippen molar-refractivity contribution in [2.75, 3.05) is 64.0 Å². The van der Waals surface area contributed by atoms with Crippen LogP contribution in [0.15, 0.2) is 48.6 Å². The number of carbonyl (C=O) groups is 2. The molecule has 2 saturated heterocycles. The van der Waals surface area contributed by atoms with Crippen LogP contribution in [0.1, 0.15) is 206 Å². The highest BCUT2D eigenvalue weighted by atomic mass is 33.1. The molecule has 2 aliphatic heterocycles. The number of hydrogen-bond donors (Lipinski definition) is 0. The van der Waals surface area contributed by atoms with Crippen LogP contribution in [0.5, 0.6) is 0 Å². The van der Waals surface area contributed by atoms with Crippen LogP contribution in [-0.4, -0.2) is 85.7 Å². The molecule has 0 aliphatic carbocycles. The van der Waals surface area contributed by atoms with Crippen LogP contribution < -0.4 is 0 Å². The molecule has 0 aromatic rings. The maximum Gasteiger partial charge on any atom is 0.305 e. The van der Waals surface area contributed by atoms with E-state index in [1.807, 2.05) is 21.6 Å². The van der Waals surface area contributed by atoms with Gasteiger partial charge in [0.1, 0.15) is 0 Å². The number of esters is 2. The lowest BCUT2D eigenvalue weighted by Gasteiger charge is -2.32. The maximum atomic E-state index is 12.2. The van der Waals surface area contributed by atoms with Crippen LogP contribution in [0.2, 0.25) is 0 Å². The summed E-state index contributed by atoms with van der Waals surface area (Å²) in [6.07, 6.45) is 53.1. The van der Waals surface area contributed by atoms with Gasteiger partial charge in [0, 0.05) is 37.4 Å². The summed E-state index contributed by atoms with van der Waals surface area (Å²) in [5.41, 5.74) is 0. The molecule has 2 heterocycles. The van der Waals surface area contributed by atoms with Gasteiger partial charge in [-0.25, -0.2) is 0 Å². The van der Waals surface area contributed by atoms with Crippen molar-refractivity contribution >= 4 is 33.5 Å². The maximum absolute atomic E-state index is 12.2. The summed E-state index contributed by atoms with van der Waals surface area (Å²) in [6, 6.07) is 0. The second-order valence-corrected chi connectivity index (χ2v) is 20.9. The van der Waals surface area contributed by atoms with E-state index in [2.05, 4.69) is 72.3 Å². The number of unbranched alkanes of at least 4 members (excludes halogenated alkanes) is 16. The van der Waals surface area contributed by atoms with Crippen LogP contribution in [-0.2, 0) is 19.1 Å². The summed E-state index contributed by atoms with van der Waals surface area (Å²) in [5.74, 6) is 3.78. The minimum Gasteiger partial charge on any atom is -0.466 e. The number of allylic oxidation sites excluding steroid dienone is 8. The Morgan fingerprint density at radius 1 is 0.468 bits per heavy atom. The van der Waals surface area contributed by atoms with Crippen LogP contribution in [0, 0.1) is 11.8 Å². The number of ether oxygens (including phenoxy) is 2. The lowest BCUT2D eigenvalue weighted by Crippen LogP contribution is -2.36. The molecule has 358 valence electrons. The van der Waals surface area contributed by atoms with E-state index in [9.17, 15) is 9.59 Å². The minimum absolute atomic E-state index is 0.0000163. The summed E-state index contributed by atoms with van der Waals surface area (Å²) < 4.78 is 11.2. The van der Waals surface area contributed by atoms with Gasteiger partial charge in [-0.05, 0) is 154 Å². The lowest BCUT2D eigenvalue weighted by atomic mass is 9.94. The zero-order valence-corrected chi connectivity index (χ0v) is 42.0. The van der Waals surface area contributed by atoms with Gasteiger partial charge in [-0.3, -0.25) is 9.59 Å². The molecule has 2 rings (SSSR count). The smallest absolute Gasteiger partial charge is 0.305 e. The van der Waals surface area contributed by atoms with Crippen LogP contribution in [0.4, 0.5) is 0 Å². The van der Waals surface area contributed by atoms with Gasteiger partial charge in [0.15, 0.2) is 0 Å². The first-order chi connectivity index (χ1) is 30.6. The Morgan fingerprint density at radius 3 is 1.18 bits per heavy atom. The molecule has 0 bridgehead atoms. The third-order valence-electron chi connectivity index (χ3n) is 12.7. The molecule has 2 fully saturated rings. The molecule has 6 nitrogen and oxygen atoms in total. The lowest BCUT2D eigenvalue weighted by molar-refractivity contribution is -0.145. The number of hydrogen-bond acceptors (Lipinski definition) is 8. The Balaban J connectivity index is 1.30. The largest absolute Gasteiger partial charge is 0.466 e. The van der Waals surface area contributed by atoms with E-state index in [1.165, 1.54) is 179 Å². The van der Waals surface area contributed by atoms with Crippen molar-refractivity contribution in [1.29, 1.82) is 0 Å². The molecule has 0 atom stereocenters. The second-order valence-electron chi connectivity index (χ2n) is 18.2. The number of piperidine rings is 2. The summed E-state index contributed by atoms with van der Waals surface area (Å²) in [4.78, 5) is 29.7. The third-order valence-corrected chi connectivity index (χ3v) is 15.1. The van der Waals surface area contributed by atoms with Crippen molar-refractivity contribution in [2.24, 2.45) is 11.8 Å². The van der Waals surface area contributed by atoms with Gasteiger partial charge >= 0.3 is 11.9 Å². The van der Waals surface area contributed by atoms with Gasteiger partial charge in [-0.15, -0.1) is 0 Å². The standard InChI is InChI=1S/C54H96N2O4S2/c1-3-5-7-9-11-13-15-17-19-21-23-25-27-29-31-33-53(57)59-47-39-51-35-41-55(42-36-51)45-49-61-62-50-46-56-43-37-52(38-44-56)40-48-60-54(58)34-32-30-28-26-24-22-20-18-16-14-12-10-8-6-4-2/h11-14,17-20,51-52H,3-10,15-16,21-50H2,1-2H3/b13-11-,14-12-,19-17-,20-18-. The van der Waals surface area contributed by atoms with Gasteiger partial charge in [0.25, 0.3) is 0 Å². The second kappa shape index (κ2) is 43.4. The van der Waals surface area contributed by atoms with Crippen molar-refractivity contribution < 1.29 is 19.1 Å². The summed E-state index contributed by atoms with van der Waals surface area (Å²) >= 11 is 0. The van der Waals surface area contributed by atoms with Crippen LogP contribution in [0.3, 0.4) is 0 Å². The molecular formula is C54H96N2O4S2. The predicted octanol–water partition coefficient (Wildman–Crippen LogP) is 15.3. The molecule has 0 N–H and O–H groups in total. The van der Waals surface area contributed by atoms with Crippen molar-refractivity contribution in [3.8, 4) is 0 Å². The van der Waals surface area contributed by atoms with E-state index in [0.29, 0.717) is 37.9 Å². The van der Waals surface area contributed by atoms with Crippen LogP contribution >= 0.6 is 21.6 Å². The number of carbonyl (C=O) groups excluding carboxylic acids is 2. The van der Waals surface area contributed by atoms with Gasteiger partial charge in [0.05, 0.1) is 13.2 Å². The van der Waals surface area contributed by atoms with Crippen molar-refractivity contribution in [3.63, 3.8) is 0 Å². The molecule has 8 heteroatoms. The number of likely N-dealkylation sites (tertiary alicyclic amines) is 2. The van der Waals surface area contributed by atoms with Crippen molar-refractivity contribution in [3.05, 3.63) is 48.6 Å². The quantitative estimate of drug-likeness (QED) is 0.0260. The first kappa shape index (κ1) is 56.6. The number of nitrogens with zero attached hydrogens (tertiary/aromatic N) is 2. The van der Waals surface area contributed by atoms with E-state index >= 15 is 0 Å². The molecule has 2 aliphatic rings. The van der Waals surface area contributed by atoms with E-state index in [-0.39, 0.29) is 11.9 Å². The summed E-state index contributed by atoms with van der Waals surface area (Å²) in [7, 11) is 4.07.